The predicted molar refractivity (Wildman–Crippen MR) is 81.0 cm³/mol. The van der Waals surface area contributed by atoms with Crippen molar-refractivity contribution in [2.75, 3.05) is 7.05 Å². The first kappa shape index (κ1) is 16.7. The van der Waals surface area contributed by atoms with Crippen molar-refractivity contribution in [3.8, 4) is 5.75 Å². The Hall–Kier alpha value is -1.65. The van der Waals surface area contributed by atoms with Crippen molar-refractivity contribution in [1.29, 1.82) is 0 Å². The molecule has 3 nitrogen and oxygen atoms in total. The topological polar surface area (TPSA) is 29.5 Å². The number of likely N-dealkylation sites (N-methyl/N-ethyl adjacent to an activating group) is 1. The number of halogens is 2. The molecule has 0 aromatic heterocycles. The van der Waals surface area contributed by atoms with E-state index in [0.717, 1.165) is 12.0 Å². The van der Waals surface area contributed by atoms with E-state index < -0.39 is 6.61 Å². The molecule has 0 spiro atoms. The van der Waals surface area contributed by atoms with Crippen LogP contribution in [0.1, 0.15) is 38.2 Å². The number of amides is 1. The quantitative estimate of drug-likeness (QED) is 0.826. The van der Waals surface area contributed by atoms with Gasteiger partial charge in [0, 0.05) is 13.1 Å². The van der Waals surface area contributed by atoms with Crippen LogP contribution in [0.25, 0.3) is 0 Å². The molecule has 0 saturated heterocycles. The van der Waals surface area contributed by atoms with Gasteiger partial charge in [-0.25, -0.2) is 0 Å². The smallest absolute Gasteiger partial charge is 0.387 e. The normalized spacial score (nSPS) is 21.7. The van der Waals surface area contributed by atoms with Gasteiger partial charge in [-0.05, 0) is 36.5 Å². The maximum atomic E-state index is 12.4. The van der Waals surface area contributed by atoms with Gasteiger partial charge in [-0.3, -0.25) is 4.79 Å². The minimum atomic E-state index is -2.83. The van der Waals surface area contributed by atoms with Crippen molar-refractivity contribution in [3.63, 3.8) is 0 Å². The minimum Gasteiger partial charge on any atom is -0.435 e. The van der Waals surface area contributed by atoms with E-state index in [2.05, 4.69) is 11.7 Å². The summed E-state index contributed by atoms with van der Waals surface area (Å²) in [6.07, 6.45) is 4.93. The second-order valence-corrected chi connectivity index (χ2v) is 6.03. The van der Waals surface area contributed by atoms with Crippen LogP contribution < -0.4 is 4.74 Å². The molecule has 2 atom stereocenters. The van der Waals surface area contributed by atoms with Crippen molar-refractivity contribution >= 4 is 5.91 Å². The molecule has 1 aliphatic rings. The zero-order valence-electron chi connectivity index (χ0n) is 13.1. The standard InChI is InChI=1S/C17H23F2NO2/c1-12-5-3-4-6-15(12)20(2)16(21)11-13-7-9-14(10-8-13)22-17(18)19/h7-10,12,15,17H,3-6,11H2,1-2H3. The van der Waals surface area contributed by atoms with Crippen molar-refractivity contribution in [3.05, 3.63) is 29.8 Å². The summed E-state index contributed by atoms with van der Waals surface area (Å²) in [5, 5.41) is 0. The van der Waals surface area contributed by atoms with Gasteiger partial charge in [-0.2, -0.15) is 8.78 Å². The molecule has 1 aliphatic carbocycles. The Morgan fingerprint density at radius 2 is 1.91 bits per heavy atom. The molecule has 0 N–H and O–H groups in total. The molecule has 1 amide bonds. The Morgan fingerprint density at radius 3 is 2.50 bits per heavy atom. The number of nitrogens with zero attached hydrogens (tertiary/aromatic N) is 1. The van der Waals surface area contributed by atoms with E-state index in [1.54, 1.807) is 12.1 Å². The number of carbonyl (C=O) groups is 1. The van der Waals surface area contributed by atoms with Gasteiger partial charge in [0.15, 0.2) is 0 Å². The first-order valence-electron chi connectivity index (χ1n) is 7.77. The van der Waals surface area contributed by atoms with Crippen LogP contribution in [-0.2, 0) is 11.2 Å². The molecule has 22 heavy (non-hydrogen) atoms. The van der Waals surface area contributed by atoms with Gasteiger partial charge in [0.25, 0.3) is 0 Å². The third kappa shape index (κ3) is 4.42. The van der Waals surface area contributed by atoms with Crippen LogP contribution in [0.2, 0.25) is 0 Å². The highest BCUT2D eigenvalue weighted by molar-refractivity contribution is 5.78. The van der Waals surface area contributed by atoms with E-state index in [4.69, 9.17) is 0 Å². The van der Waals surface area contributed by atoms with E-state index >= 15 is 0 Å². The van der Waals surface area contributed by atoms with Crippen LogP contribution in [-0.4, -0.2) is 30.5 Å². The first-order chi connectivity index (χ1) is 10.5. The lowest BCUT2D eigenvalue weighted by Gasteiger charge is -2.36. The van der Waals surface area contributed by atoms with Gasteiger partial charge in [0.1, 0.15) is 5.75 Å². The fourth-order valence-corrected chi connectivity index (χ4v) is 3.15. The third-order valence-electron chi connectivity index (χ3n) is 4.46. The Labute approximate surface area is 130 Å². The van der Waals surface area contributed by atoms with Crippen LogP contribution in [0.5, 0.6) is 5.75 Å². The fourth-order valence-electron chi connectivity index (χ4n) is 3.15. The lowest BCUT2D eigenvalue weighted by atomic mass is 9.85. The molecular formula is C17H23F2NO2. The van der Waals surface area contributed by atoms with Crippen molar-refractivity contribution in [2.24, 2.45) is 5.92 Å². The SMILES string of the molecule is CC1CCCCC1N(C)C(=O)Cc1ccc(OC(F)F)cc1. The number of ether oxygens (including phenoxy) is 1. The number of hydrogen-bond donors (Lipinski definition) is 0. The van der Waals surface area contributed by atoms with E-state index in [-0.39, 0.29) is 18.1 Å². The monoisotopic (exact) mass is 311 g/mol. The summed E-state index contributed by atoms with van der Waals surface area (Å²) in [5.74, 6) is 0.714. The molecule has 0 bridgehead atoms. The summed E-state index contributed by atoms with van der Waals surface area (Å²) in [6.45, 7) is -0.629. The number of rotatable bonds is 5. The van der Waals surface area contributed by atoms with Crippen LogP contribution in [0.4, 0.5) is 8.78 Å². The summed E-state index contributed by atoms with van der Waals surface area (Å²) in [7, 11) is 1.86. The molecule has 0 heterocycles. The number of alkyl halides is 2. The van der Waals surface area contributed by atoms with Gasteiger partial charge >= 0.3 is 6.61 Å². The highest BCUT2D eigenvalue weighted by atomic mass is 19.3. The van der Waals surface area contributed by atoms with E-state index in [0.29, 0.717) is 12.0 Å². The average molecular weight is 311 g/mol. The zero-order valence-corrected chi connectivity index (χ0v) is 13.1. The van der Waals surface area contributed by atoms with Gasteiger partial charge in [-0.1, -0.05) is 31.9 Å². The molecule has 5 heteroatoms. The van der Waals surface area contributed by atoms with Gasteiger partial charge < -0.3 is 9.64 Å². The first-order valence-corrected chi connectivity index (χ1v) is 7.77. The molecule has 2 rings (SSSR count). The van der Waals surface area contributed by atoms with Crippen LogP contribution in [0.3, 0.4) is 0 Å². The molecule has 2 unspecified atom stereocenters. The highest BCUT2D eigenvalue weighted by Gasteiger charge is 2.27. The Morgan fingerprint density at radius 1 is 1.27 bits per heavy atom. The van der Waals surface area contributed by atoms with E-state index in [1.807, 2.05) is 11.9 Å². The third-order valence-corrected chi connectivity index (χ3v) is 4.46. The Kier molecular flexibility index (Phi) is 5.75. The second kappa shape index (κ2) is 7.56. The number of hydrogen-bond acceptors (Lipinski definition) is 2. The van der Waals surface area contributed by atoms with Crippen molar-refractivity contribution in [1.82, 2.24) is 4.90 Å². The average Bonchev–Trinajstić information content (AvgIpc) is 2.48. The largest absolute Gasteiger partial charge is 0.435 e. The van der Waals surface area contributed by atoms with E-state index in [9.17, 15) is 13.6 Å². The molecule has 122 valence electrons. The van der Waals surface area contributed by atoms with Crippen LogP contribution in [0.15, 0.2) is 24.3 Å². The lowest BCUT2D eigenvalue weighted by Crippen LogP contribution is -2.43. The van der Waals surface area contributed by atoms with Crippen molar-refractivity contribution in [2.45, 2.75) is 51.7 Å². The summed E-state index contributed by atoms with van der Waals surface area (Å²) in [5.41, 5.74) is 0.807. The fraction of sp³-hybridized carbons (Fsp3) is 0.588. The maximum absolute atomic E-state index is 12.4. The second-order valence-electron chi connectivity index (χ2n) is 6.03. The molecule has 1 aromatic carbocycles. The molecule has 0 radical (unpaired) electrons. The number of benzene rings is 1. The maximum Gasteiger partial charge on any atom is 0.387 e. The molecule has 1 saturated carbocycles. The van der Waals surface area contributed by atoms with Crippen LogP contribution >= 0.6 is 0 Å². The van der Waals surface area contributed by atoms with E-state index in [1.165, 1.54) is 31.4 Å². The lowest BCUT2D eigenvalue weighted by molar-refractivity contribution is -0.132. The molecule has 1 fully saturated rings. The Bertz CT molecular complexity index is 490. The highest BCUT2D eigenvalue weighted by Crippen LogP contribution is 2.27. The van der Waals surface area contributed by atoms with Crippen molar-refractivity contribution < 1.29 is 18.3 Å². The summed E-state index contributed by atoms with van der Waals surface area (Å²) in [4.78, 5) is 14.2. The summed E-state index contributed by atoms with van der Waals surface area (Å²) >= 11 is 0. The summed E-state index contributed by atoms with van der Waals surface area (Å²) < 4.78 is 28.5. The minimum absolute atomic E-state index is 0.0706. The van der Waals surface area contributed by atoms with Crippen LogP contribution in [0, 0.1) is 5.92 Å². The molecule has 0 aliphatic heterocycles. The predicted octanol–water partition coefficient (Wildman–Crippen LogP) is 3.87. The van der Waals surface area contributed by atoms with Gasteiger partial charge in [0.05, 0.1) is 6.42 Å². The number of carbonyl (C=O) groups excluding carboxylic acids is 1. The van der Waals surface area contributed by atoms with Gasteiger partial charge in [0.2, 0.25) is 5.91 Å². The Balaban J connectivity index is 1.93. The zero-order chi connectivity index (χ0) is 16.1. The van der Waals surface area contributed by atoms with Gasteiger partial charge in [-0.15, -0.1) is 0 Å². The molecular weight excluding hydrogens is 288 g/mol. The summed E-state index contributed by atoms with van der Waals surface area (Å²) in [6, 6.07) is 6.57. The molecule has 1 aromatic rings.